The van der Waals surface area contributed by atoms with Crippen LogP contribution in [-0.2, 0) is 9.53 Å². The molecule has 22 heavy (non-hydrogen) atoms. The van der Waals surface area contributed by atoms with Crippen LogP contribution in [0.3, 0.4) is 0 Å². The minimum Gasteiger partial charge on any atom is -0.383 e. The number of amidine groups is 1. The molecule has 3 rings (SSSR count). The molecule has 1 heterocycles. The standard InChI is InChI=1S/C16H17N3O2S/c1-21-9-8-17-14(20)10-22-16-18-12-6-2-4-11-5-3-7-13(19-16)15(11)12/h2-7H,8-10H2,1H3,(H,17,20)(H,18,19). The number of carbonyl (C=O) groups excluding carboxylic acids is 1. The summed E-state index contributed by atoms with van der Waals surface area (Å²) in [5.41, 5.74) is 1.97. The van der Waals surface area contributed by atoms with E-state index in [4.69, 9.17) is 4.74 Å². The summed E-state index contributed by atoms with van der Waals surface area (Å²) >= 11 is 1.40. The van der Waals surface area contributed by atoms with Crippen molar-refractivity contribution in [2.24, 2.45) is 4.99 Å². The number of rotatable bonds is 5. The summed E-state index contributed by atoms with van der Waals surface area (Å²) in [6, 6.07) is 12.2. The Bertz CT molecular complexity index is 725. The number of benzene rings is 2. The van der Waals surface area contributed by atoms with Crippen LogP contribution in [0.1, 0.15) is 0 Å². The molecule has 114 valence electrons. The lowest BCUT2D eigenvalue weighted by Crippen LogP contribution is -2.29. The van der Waals surface area contributed by atoms with E-state index in [1.807, 2.05) is 24.3 Å². The molecule has 0 unspecified atom stereocenters. The van der Waals surface area contributed by atoms with Gasteiger partial charge in [-0.15, -0.1) is 0 Å². The Hall–Kier alpha value is -2.05. The molecule has 0 saturated carbocycles. The zero-order valence-corrected chi connectivity index (χ0v) is 13.1. The van der Waals surface area contributed by atoms with Gasteiger partial charge in [0.1, 0.15) is 0 Å². The molecule has 0 spiro atoms. The largest absolute Gasteiger partial charge is 0.383 e. The number of nitrogens with one attached hydrogen (secondary N) is 2. The van der Waals surface area contributed by atoms with E-state index in [0.717, 1.165) is 27.3 Å². The average molecular weight is 315 g/mol. The van der Waals surface area contributed by atoms with Crippen molar-refractivity contribution in [1.82, 2.24) is 5.32 Å². The van der Waals surface area contributed by atoms with Crippen LogP contribution in [0, 0.1) is 0 Å². The molecule has 0 saturated heterocycles. The maximum Gasteiger partial charge on any atom is 0.230 e. The number of amides is 1. The van der Waals surface area contributed by atoms with E-state index in [0.29, 0.717) is 18.9 Å². The van der Waals surface area contributed by atoms with Gasteiger partial charge >= 0.3 is 0 Å². The molecule has 5 nitrogen and oxygen atoms in total. The lowest BCUT2D eigenvalue weighted by atomic mass is 10.1. The predicted molar refractivity (Wildman–Crippen MR) is 92.0 cm³/mol. The van der Waals surface area contributed by atoms with Gasteiger partial charge < -0.3 is 15.4 Å². The molecule has 2 aromatic carbocycles. The summed E-state index contributed by atoms with van der Waals surface area (Å²) in [5.74, 6) is 0.303. The zero-order valence-electron chi connectivity index (χ0n) is 12.3. The average Bonchev–Trinajstić information content (AvgIpc) is 2.54. The number of anilines is 1. The number of hydrogen-bond acceptors (Lipinski definition) is 5. The molecule has 6 heteroatoms. The molecule has 0 atom stereocenters. The van der Waals surface area contributed by atoms with Crippen molar-refractivity contribution in [3.63, 3.8) is 0 Å². The van der Waals surface area contributed by atoms with E-state index in [-0.39, 0.29) is 5.91 Å². The van der Waals surface area contributed by atoms with Crippen molar-refractivity contribution in [3.05, 3.63) is 36.4 Å². The van der Waals surface area contributed by atoms with Gasteiger partial charge in [0.05, 0.1) is 23.7 Å². The third-order valence-corrected chi connectivity index (χ3v) is 4.19. The fourth-order valence-corrected chi connectivity index (χ4v) is 3.03. The van der Waals surface area contributed by atoms with E-state index in [1.54, 1.807) is 7.11 Å². The number of methoxy groups -OCH3 is 1. The minimum absolute atomic E-state index is 0.0244. The highest BCUT2D eigenvalue weighted by Crippen LogP contribution is 2.36. The number of nitrogens with zero attached hydrogens (tertiary/aromatic N) is 1. The lowest BCUT2D eigenvalue weighted by molar-refractivity contribution is -0.118. The van der Waals surface area contributed by atoms with Gasteiger partial charge in [0, 0.05) is 19.0 Å². The third kappa shape index (κ3) is 3.23. The van der Waals surface area contributed by atoms with Crippen molar-refractivity contribution in [2.75, 3.05) is 31.3 Å². The molecule has 0 aromatic heterocycles. The van der Waals surface area contributed by atoms with E-state index in [9.17, 15) is 4.79 Å². The van der Waals surface area contributed by atoms with Crippen LogP contribution in [0.5, 0.6) is 0 Å². The van der Waals surface area contributed by atoms with Crippen LogP contribution in [-0.4, -0.2) is 37.1 Å². The summed E-state index contributed by atoms with van der Waals surface area (Å²) in [7, 11) is 1.61. The fraction of sp³-hybridized carbons (Fsp3) is 0.250. The Morgan fingerprint density at radius 1 is 1.32 bits per heavy atom. The van der Waals surface area contributed by atoms with Crippen LogP contribution in [0.25, 0.3) is 10.8 Å². The predicted octanol–water partition coefficient (Wildman–Crippen LogP) is 2.75. The first kappa shape index (κ1) is 14.9. The molecule has 1 aliphatic rings. The van der Waals surface area contributed by atoms with Crippen LogP contribution in [0.4, 0.5) is 11.4 Å². The van der Waals surface area contributed by atoms with Crippen molar-refractivity contribution >= 4 is 45.0 Å². The Morgan fingerprint density at radius 2 is 2.14 bits per heavy atom. The Labute approximate surface area is 133 Å². The fourth-order valence-electron chi connectivity index (χ4n) is 2.32. The number of aliphatic imine (C=N–C) groups is 1. The van der Waals surface area contributed by atoms with Gasteiger partial charge in [-0.2, -0.15) is 0 Å². The SMILES string of the molecule is COCCNC(=O)CSC1=Nc2cccc3cccc(c23)N1. The number of ether oxygens (including phenoxy) is 1. The van der Waals surface area contributed by atoms with Gasteiger partial charge in [0.15, 0.2) is 5.17 Å². The molecule has 0 fully saturated rings. The van der Waals surface area contributed by atoms with Crippen LogP contribution < -0.4 is 10.6 Å². The highest BCUT2D eigenvalue weighted by Gasteiger charge is 2.15. The van der Waals surface area contributed by atoms with Gasteiger partial charge in [-0.05, 0) is 17.5 Å². The molecular weight excluding hydrogens is 298 g/mol. The summed E-state index contributed by atoms with van der Waals surface area (Å²) in [6.07, 6.45) is 0. The maximum absolute atomic E-state index is 11.7. The smallest absolute Gasteiger partial charge is 0.230 e. The van der Waals surface area contributed by atoms with Crippen molar-refractivity contribution in [1.29, 1.82) is 0 Å². The Kier molecular flexibility index (Phi) is 4.60. The summed E-state index contributed by atoms with van der Waals surface area (Å²) in [6.45, 7) is 1.04. The minimum atomic E-state index is -0.0244. The molecule has 0 bridgehead atoms. The summed E-state index contributed by atoms with van der Waals surface area (Å²) in [4.78, 5) is 16.3. The second kappa shape index (κ2) is 6.81. The topological polar surface area (TPSA) is 62.7 Å². The lowest BCUT2D eigenvalue weighted by Gasteiger charge is -2.18. The van der Waals surface area contributed by atoms with Gasteiger partial charge in [-0.3, -0.25) is 4.79 Å². The third-order valence-electron chi connectivity index (χ3n) is 3.31. The van der Waals surface area contributed by atoms with Gasteiger partial charge in [-0.1, -0.05) is 36.0 Å². The number of thioether (sulfide) groups is 1. The van der Waals surface area contributed by atoms with E-state index < -0.39 is 0 Å². The highest BCUT2D eigenvalue weighted by molar-refractivity contribution is 8.14. The molecule has 1 amide bonds. The van der Waals surface area contributed by atoms with Crippen molar-refractivity contribution in [2.45, 2.75) is 0 Å². The first-order chi connectivity index (χ1) is 10.8. The van der Waals surface area contributed by atoms with Crippen LogP contribution in [0.2, 0.25) is 0 Å². The molecule has 2 N–H and O–H groups in total. The van der Waals surface area contributed by atoms with E-state index in [1.165, 1.54) is 11.8 Å². The van der Waals surface area contributed by atoms with Gasteiger partial charge in [-0.25, -0.2) is 4.99 Å². The Morgan fingerprint density at radius 3 is 2.95 bits per heavy atom. The molecular formula is C16H17N3O2S. The zero-order chi connectivity index (χ0) is 15.4. The molecule has 0 aliphatic carbocycles. The first-order valence-electron chi connectivity index (χ1n) is 7.04. The van der Waals surface area contributed by atoms with E-state index >= 15 is 0 Å². The summed E-state index contributed by atoms with van der Waals surface area (Å²) < 4.78 is 4.90. The maximum atomic E-state index is 11.7. The van der Waals surface area contributed by atoms with Crippen molar-refractivity contribution < 1.29 is 9.53 Å². The van der Waals surface area contributed by atoms with E-state index in [2.05, 4.69) is 27.8 Å². The molecule has 1 aliphatic heterocycles. The van der Waals surface area contributed by atoms with Gasteiger partial charge in [0.2, 0.25) is 5.91 Å². The molecule has 0 radical (unpaired) electrons. The first-order valence-corrected chi connectivity index (χ1v) is 8.02. The van der Waals surface area contributed by atoms with Crippen LogP contribution in [0.15, 0.2) is 41.4 Å². The van der Waals surface area contributed by atoms with Crippen LogP contribution >= 0.6 is 11.8 Å². The summed E-state index contributed by atoms with van der Waals surface area (Å²) in [5, 5.41) is 9.11. The number of hydrogen-bond donors (Lipinski definition) is 2. The second-order valence-electron chi connectivity index (χ2n) is 4.85. The van der Waals surface area contributed by atoms with Gasteiger partial charge in [0.25, 0.3) is 0 Å². The Balaban J connectivity index is 1.68. The monoisotopic (exact) mass is 315 g/mol. The highest BCUT2D eigenvalue weighted by atomic mass is 32.2. The quantitative estimate of drug-likeness (QED) is 0.833. The molecule has 2 aromatic rings. The number of carbonyl (C=O) groups is 1. The second-order valence-corrected chi connectivity index (χ2v) is 5.82. The van der Waals surface area contributed by atoms with Crippen molar-refractivity contribution in [3.8, 4) is 0 Å². The normalized spacial score (nSPS) is 12.7.